The number of aryl methyl sites for hydroxylation is 1. The zero-order valence-electron chi connectivity index (χ0n) is 15.4. The van der Waals surface area contributed by atoms with E-state index in [1.807, 2.05) is 19.1 Å². The summed E-state index contributed by atoms with van der Waals surface area (Å²) < 4.78 is 30.3. The van der Waals surface area contributed by atoms with Crippen LogP contribution in [-0.2, 0) is 4.79 Å². The summed E-state index contributed by atoms with van der Waals surface area (Å²) in [5, 5.41) is 7.81. The van der Waals surface area contributed by atoms with Crippen molar-refractivity contribution in [3.8, 4) is 28.5 Å². The van der Waals surface area contributed by atoms with Crippen LogP contribution >= 0.6 is 0 Å². The molecule has 1 N–H and O–H groups in total. The Kier molecular flexibility index (Phi) is 6.54. The lowest BCUT2D eigenvalue weighted by molar-refractivity contribution is -0.122. The molecular formula is C20H20FNO5. The summed E-state index contributed by atoms with van der Waals surface area (Å²) in [7, 11) is 4.67. The second-order valence-corrected chi connectivity index (χ2v) is 5.47. The molecule has 0 aliphatic rings. The number of halogens is 1. The molecule has 0 fully saturated rings. The molecule has 0 spiro atoms. The Morgan fingerprint density at radius 3 is 2.19 bits per heavy atom. The van der Waals surface area contributed by atoms with Gasteiger partial charge < -0.3 is 19.3 Å². The molecule has 0 unspecified atom stereocenters. The molecule has 0 bridgehead atoms. The number of carbonyl (C=O) groups is 1. The number of carboxylic acid groups (broad SMARTS) is 1. The average Bonchev–Trinajstić information content (AvgIpc) is 2.67. The van der Waals surface area contributed by atoms with Gasteiger partial charge >= 0.3 is 0 Å². The van der Waals surface area contributed by atoms with Gasteiger partial charge in [-0.2, -0.15) is 0 Å². The number of benzene rings is 2. The highest BCUT2D eigenvalue weighted by Crippen LogP contribution is 2.37. The summed E-state index contributed by atoms with van der Waals surface area (Å²) in [4.78, 5) is 13.0. The average molecular weight is 373 g/mol. The third-order valence-electron chi connectivity index (χ3n) is 3.97. The van der Waals surface area contributed by atoms with E-state index in [0.29, 0.717) is 34.0 Å². The Morgan fingerprint density at radius 1 is 1.00 bits per heavy atom. The van der Waals surface area contributed by atoms with Gasteiger partial charge in [0, 0.05) is 11.5 Å². The van der Waals surface area contributed by atoms with Crippen molar-refractivity contribution >= 4 is 17.4 Å². The fourth-order valence-corrected chi connectivity index (χ4v) is 2.77. The van der Waals surface area contributed by atoms with E-state index in [1.54, 1.807) is 32.4 Å². The van der Waals surface area contributed by atoms with Crippen LogP contribution in [0.25, 0.3) is 22.2 Å². The fraction of sp³-hybridized carbons (Fsp3) is 0.200. The first-order valence-corrected chi connectivity index (χ1v) is 7.94. The molecule has 3 rings (SSSR count). The molecule has 0 atom stereocenters. The minimum absolute atomic E-state index is 0.250. The van der Waals surface area contributed by atoms with Gasteiger partial charge in [-0.1, -0.05) is 6.07 Å². The maximum absolute atomic E-state index is 14.4. The van der Waals surface area contributed by atoms with Gasteiger partial charge in [0.2, 0.25) is 0 Å². The molecule has 142 valence electrons. The van der Waals surface area contributed by atoms with Gasteiger partial charge in [0.15, 0.2) is 11.5 Å². The number of fused-ring (bicyclic) bond motifs is 1. The summed E-state index contributed by atoms with van der Waals surface area (Å²) in [6.45, 7) is 1.70. The van der Waals surface area contributed by atoms with E-state index in [-0.39, 0.29) is 12.3 Å². The van der Waals surface area contributed by atoms with E-state index < -0.39 is 0 Å². The number of rotatable bonds is 4. The third kappa shape index (κ3) is 4.08. The standard InChI is InChI=1S/C19H18FNO3.CH2O2/c1-11-8-15(19-13(20)6-5-7-16(19)22-2)21-14-10-18(24-4)17(23-3)9-12(11)14;2-1-3/h5-10H,1-4H3;1H,(H,2,3). The lowest BCUT2D eigenvalue weighted by Crippen LogP contribution is -1.97. The molecule has 7 heteroatoms. The number of nitrogens with zero attached hydrogens (tertiary/aromatic N) is 1. The third-order valence-corrected chi connectivity index (χ3v) is 3.97. The molecule has 0 saturated carbocycles. The molecule has 0 saturated heterocycles. The van der Waals surface area contributed by atoms with E-state index in [4.69, 9.17) is 24.1 Å². The predicted octanol–water partition coefficient (Wildman–Crippen LogP) is 4.08. The van der Waals surface area contributed by atoms with Gasteiger partial charge in [0.1, 0.15) is 11.6 Å². The molecule has 1 heterocycles. The van der Waals surface area contributed by atoms with Crippen molar-refractivity contribution < 1.29 is 28.5 Å². The lowest BCUT2D eigenvalue weighted by Gasteiger charge is -2.13. The van der Waals surface area contributed by atoms with Gasteiger partial charge in [-0.3, -0.25) is 4.79 Å². The van der Waals surface area contributed by atoms with E-state index in [0.717, 1.165) is 10.9 Å². The maximum Gasteiger partial charge on any atom is 0.290 e. The molecule has 0 aliphatic carbocycles. The van der Waals surface area contributed by atoms with Gasteiger partial charge in [-0.15, -0.1) is 0 Å². The minimum atomic E-state index is -0.374. The molecule has 3 aromatic rings. The van der Waals surface area contributed by atoms with Crippen LogP contribution in [0, 0.1) is 12.7 Å². The van der Waals surface area contributed by atoms with E-state index in [2.05, 4.69) is 4.98 Å². The van der Waals surface area contributed by atoms with Crippen molar-refractivity contribution in [2.75, 3.05) is 21.3 Å². The van der Waals surface area contributed by atoms with Crippen LogP contribution in [0.5, 0.6) is 17.2 Å². The fourth-order valence-electron chi connectivity index (χ4n) is 2.77. The lowest BCUT2D eigenvalue weighted by atomic mass is 10.0. The van der Waals surface area contributed by atoms with Crippen LogP contribution in [0.2, 0.25) is 0 Å². The van der Waals surface area contributed by atoms with Crippen LogP contribution in [-0.4, -0.2) is 37.9 Å². The van der Waals surface area contributed by atoms with Crippen LogP contribution in [0.3, 0.4) is 0 Å². The van der Waals surface area contributed by atoms with Gasteiger partial charge in [-0.05, 0) is 36.8 Å². The first kappa shape index (κ1) is 20.0. The second kappa shape index (κ2) is 8.84. The number of aromatic nitrogens is 1. The van der Waals surface area contributed by atoms with Crippen LogP contribution in [0.15, 0.2) is 36.4 Å². The van der Waals surface area contributed by atoms with E-state index in [1.165, 1.54) is 13.2 Å². The Morgan fingerprint density at radius 2 is 1.59 bits per heavy atom. The SMILES string of the molecule is COc1cc2nc(-c3c(F)cccc3OC)cc(C)c2cc1OC.O=CO. The molecule has 27 heavy (non-hydrogen) atoms. The van der Waals surface area contributed by atoms with Gasteiger partial charge in [0.25, 0.3) is 6.47 Å². The smallest absolute Gasteiger partial charge is 0.290 e. The Bertz CT molecular complexity index is 959. The first-order chi connectivity index (χ1) is 13.0. The van der Waals surface area contributed by atoms with Crippen LogP contribution in [0.4, 0.5) is 4.39 Å². The van der Waals surface area contributed by atoms with Crippen molar-refractivity contribution in [2.24, 2.45) is 0 Å². The molecular weight excluding hydrogens is 353 g/mol. The summed E-state index contributed by atoms with van der Waals surface area (Å²) in [6, 6.07) is 10.2. The summed E-state index contributed by atoms with van der Waals surface area (Å²) in [5.41, 5.74) is 2.52. The largest absolute Gasteiger partial charge is 0.496 e. The summed E-state index contributed by atoms with van der Waals surface area (Å²) >= 11 is 0. The number of pyridine rings is 1. The van der Waals surface area contributed by atoms with Crippen molar-refractivity contribution in [1.29, 1.82) is 0 Å². The normalized spacial score (nSPS) is 9.96. The highest BCUT2D eigenvalue weighted by Gasteiger charge is 2.16. The first-order valence-electron chi connectivity index (χ1n) is 7.94. The van der Waals surface area contributed by atoms with Crippen LogP contribution in [0.1, 0.15) is 5.56 Å². The van der Waals surface area contributed by atoms with Gasteiger partial charge in [0.05, 0.1) is 38.1 Å². The number of ether oxygens (including phenoxy) is 3. The molecule has 0 amide bonds. The molecule has 0 aliphatic heterocycles. The highest BCUT2D eigenvalue weighted by atomic mass is 19.1. The predicted molar refractivity (Wildman–Crippen MR) is 100 cm³/mol. The Labute approximate surface area is 156 Å². The number of methoxy groups -OCH3 is 3. The monoisotopic (exact) mass is 373 g/mol. The quantitative estimate of drug-likeness (QED) is 0.695. The molecule has 0 radical (unpaired) electrons. The topological polar surface area (TPSA) is 77.9 Å². The summed E-state index contributed by atoms with van der Waals surface area (Å²) in [5.74, 6) is 1.28. The molecule has 1 aromatic heterocycles. The molecule has 2 aromatic carbocycles. The Hall–Kier alpha value is -3.35. The van der Waals surface area contributed by atoms with E-state index in [9.17, 15) is 4.39 Å². The van der Waals surface area contributed by atoms with Crippen LogP contribution < -0.4 is 14.2 Å². The van der Waals surface area contributed by atoms with Crippen molar-refractivity contribution in [3.63, 3.8) is 0 Å². The Balaban J connectivity index is 0.000000817. The van der Waals surface area contributed by atoms with Crippen molar-refractivity contribution in [2.45, 2.75) is 6.92 Å². The second-order valence-electron chi connectivity index (χ2n) is 5.47. The van der Waals surface area contributed by atoms with Crippen molar-refractivity contribution in [3.05, 3.63) is 47.8 Å². The maximum atomic E-state index is 14.4. The summed E-state index contributed by atoms with van der Waals surface area (Å²) in [6.07, 6.45) is 0. The van der Waals surface area contributed by atoms with Crippen molar-refractivity contribution in [1.82, 2.24) is 4.98 Å². The van der Waals surface area contributed by atoms with Gasteiger partial charge in [-0.25, -0.2) is 9.37 Å². The number of hydrogen-bond donors (Lipinski definition) is 1. The zero-order valence-corrected chi connectivity index (χ0v) is 15.4. The highest BCUT2D eigenvalue weighted by molar-refractivity contribution is 5.88. The number of hydrogen-bond acceptors (Lipinski definition) is 5. The minimum Gasteiger partial charge on any atom is -0.496 e. The molecule has 6 nitrogen and oxygen atoms in total. The van der Waals surface area contributed by atoms with E-state index >= 15 is 0 Å². The zero-order chi connectivity index (χ0) is 20.0.